The molecular weight excluding hydrogens is 196 g/mol. The van der Waals surface area contributed by atoms with Crippen LogP contribution in [0.4, 0.5) is 4.79 Å². The maximum absolute atomic E-state index is 11.6. The predicted octanol–water partition coefficient (Wildman–Crippen LogP) is 0.886. The number of carbonyl (C=O) groups excluding carboxylic acids is 1. The second-order valence-electron chi connectivity index (χ2n) is 4.65. The molecule has 15 heavy (non-hydrogen) atoms. The standard InChI is InChI=1S/C10H16N2O3/c1-10(2,3)15-9(14)12-5-7(11-4)8(13)6-12/h7-8,13H,5-6H2,1-3H3. The van der Waals surface area contributed by atoms with Gasteiger partial charge in [-0.15, -0.1) is 0 Å². The van der Waals surface area contributed by atoms with Gasteiger partial charge in [-0.05, 0) is 20.8 Å². The second-order valence-corrected chi connectivity index (χ2v) is 4.65. The molecule has 0 aromatic heterocycles. The third kappa shape index (κ3) is 3.10. The van der Waals surface area contributed by atoms with Crippen LogP contribution in [0.3, 0.4) is 0 Å². The van der Waals surface area contributed by atoms with E-state index in [1.54, 1.807) is 20.8 Å². The van der Waals surface area contributed by atoms with Crippen LogP contribution in [0.1, 0.15) is 20.8 Å². The van der Waals surface area contributed by atoms with Crippen molar-refractivity contribution < 1.29 is 14.6 Å². The highest BCUT2D eigenvalue weighted by molar-refractivity contribution is 5.68. The number of ether oxygens (including phenoxy) is 1. The van der Waals surface area contributed by atoms with Gasteiger partial charge >= 0.3 is 6.09 Å². The molecular formula is C10H16N2O3. The molecule has 1 aliphatic rings. The Balaban J connectivity index is 2.54. The third-order valence-electron chi connectivity index (χ3n) is 2.08. The number of carbonyl (C=O) groups is 1. The van der Waals surface area contributed by atoms with E-state index in [1.807, 2.05) is 0 Å². The molecule has 1 saturated heterocycles. The Hall–Kier alpha value is -1.28. The summed E-state index contributed by atoms with van der Waals surface area (Å²) in [5.74, 6) is 0. The summed E-state index contributed by atoms with van der Waals surface area (Å²) < 4.78 is 5.14. The molecule has 2 unspecified atom stereocenters. The van der Waals surface area contributed by atoms with Gasteiger partial charge in [0, 0.05) is 0 Å². The summed E-state index contributed by atoms with van der Waals surface area (Å²) in [5.41, 5.74) is -0.543. The zero-order valence-corrected chi connectivity index (χ0v) is 9.23. The van der Waals surface area contributed by atoms with Gasteiger partial charge in [0.2, 0.25) is 0 Å². The van der Waals surface area contributed by atoms with Crippen molar-refractivity contribution in [3.05, 3.63) is 11.4 Å². The van der Waals surface area contributed by atoms with Crippen LogP contribution < -0.4 is 0 Å². The summed E-state index contributed by atoms with van der Waals surface area (Å²) in [4.78, 5) is 16.2. The molecule has 0 aromatic rings. The number of nitrogens with zero attached hydrogens (tertiary/aromatic N) is 2. The highest BCUT2D eigenvalue weighted by Gasteiger charge is 2.39. The van der Waals surface area contributed by atoms with Crippen LogP contribution in [0.5, 0.6) is 0 Å². The van der Waals surface area contributed by atoms with Crippen molar-refractivity contribution in [2.75, 3.05) is 13.1 Å². The minimum absolute atomic E-state index is 0.183. The molecule has 5 nitrogen and oxygen atoms in total. The molecule has 1 heterocycles. The van der Waals surface area contributed by atoms with Gasteiger partial charge in [0.05, 0.1) is 6.54 Å². The average Bonchev–Trinajstić information content (AvgIpc) is 2.43. The number of aliphatic hydroxyl groups excluding tert-OH is 1. The average molecular weight is 212 g/mol. The first kappa shape index (κ1) is 11.8. The Bertz CT molecular complexity index is 290. The molecule has 0 saturated carbocycles. The fourth-order valence-corrected chi connectivity index (χ4v) is 1.37. The van der Waals surface area contributed by atoms with Crippen LogP contribution in [-0.2, 0) is 4.74 Å². The number of β-amino-alcohol motifs (C(OH)–C–C–N with tert-alkyl or cyclic N) is 1. The van der Waals surface area contributed by atoms with Crippen molar-refractivity contribution in [2.45, 2.75) is 38.5 Å². The third-order valence-corrected chi connectivity index (χ3v) is 2.08. The Morgan fingerprint density at radius 3 is 2.53 bits per heavy atom. The Labute approximate surface area is 89.4 Å². The maximum Gasteiger partial charge on any atom is 0.410 e. The van der Waals surface area contributed by atoms with E-state index in [0.29, 0.717) is 0 Å². The summed E-state index contributed by atoms with van der Waals surface area (Å²) >= 11 is 0. The van der Waals surface area contributed by atoms with Gasteiger partial charge in [-0.25, -0.2) is 11.4 Å². The van der Waals surface area contributed by atoms with E-state index in [0.717, 1.165) is 0 Å². The molecule has 1 N–H and O–H groups in total. The molecule has 1 rings (SSSR count). The van der Waals surface area contributed by atoms with E-state index in [9.17, 15) is 9.90 Å². The van der Waals surface area contributed by atoms with Gasteiger partial charge in [-0.3, -0.25) is 4.90 Å². The molecule has 0 bridgehead atoms. The van der Waals surface area contributed by atoms with E-state index >= 15 is 0 Å². The Kier molecular flexibility index (Phi) is 3.20. The molecule has 2 atom stereocenters. The molecule has 0 spiro atoms. The van der Waals surface area contributed by atoms with Crippen LogP contribution >= 0.6 is 0 Å². The molecule has 0 aromatic carbocycles. The van der Waals surface area contributed by atoms with Gasteiger partial charge in [-0.2, -0.15) is 0 Å². The van der Waals surface area contributed by atoms with Gasteiger partial charge in [-0.1, -0.05) is 0 Å². The van der Waals surface area contributed by atoms with Gasteiger partial charge in [0.1, 0.15) is 18.2 Å². The topological polar surface area (TPSA) is 54.1 Å². The molecule has 0 radical (unpaired) electrons. The second kappa shape index (κ2) is 4.07. The minimum atomic E-state index is -0.755. The number of amides is 1. The normalized spacial score (nSPS) is 26.2. The highest BCUT2D eigenvalue weighted by atomic mass is 16.6. The zero-order valence-electron chi connectivity index (χ0n) is 9.23. The maximum atomic E-state index is 11.6. The summed E-state index contributed by atoms with van der Waals surface area (Å²) in [6.07, 6.45) is -1.22. The quantitative estimate of drug-likeness (QED) is 0.607. The summed E-state index contributed by atoms with van der Waals surface area (Å²) in [6, 6.07) is -0.516. The first-order chi connectivity index (χ1) is 6.83. The number of hydrogen-bond donors (Lipinski definition) is 1. The smallest absolute Gasteiger partial charge is 0.410 e. The van der Waals surface area contributed by atoms with Crippen molar-refractivity contribution >= 4 is 6.09 Å². The monoisotopic (exact) mass is 212 g/mol. The summed E-state index contributed by atoms with van der Waals surface area (Å²) in [5, 5.41) is 9.44. The zero-order chi connectivity index (χ0) is 11.6. The first-order valence-corrected chi connectivity index (χ1v) is 4.86. The molecule has 84 valence electrons. The van der Waals surface area contributed by atoms with Gasteiger partial charge < -0.3 is 14.7 Å². The van der Waals surface area contributed by atoms with E-state index in [-0.39, 0.29) is 13.1 Å². The minimum Gasteiger partial charge on any atom is -0.444 e. The lowest BCUT2D eigenvalue weighted by molar-refractivity contribution is 0.0270. The molecule has 1 amide bonds. The van der Waals surface area contributed by atoms with Crippen molar-refractivity contribution in [3.8, 4) is 0 Å². The Morgan fingerprint density at radius 1 is 1.53 bits per heavy atom. The van der Waals surface area contributed by atoms with E-state index in [4.69, 9.17) is 11.3 Å². The molecule has 1 aliphatic heterocycles. The predicted molar refractivity (Wildman–Crippen MR) is 54.2 cm³/mol. The van der Waals surface area contributed by atoms with Crippen LogP contribution in [0.2, 0.25) is 0 Å². The molecule has 5 heteroatoms. The van der Waals surface area contributed by atoms with Crippen LogP contribution in [-0.4, -0.2) is 46.9 Å². The fourth-order valence-electron chi connectivity index (χ4n) is 1.37. The van der Waals surface area contributed by atoms with Crippen LogP contribution in [0, 0.1) is 6.57 Å². The molecule has 1 fully saturated rings. The van der Waals surface area contributed by atoms with Crippen molar-refractivity contribution in [3.63, 3.8) is 0 Å². The van der Waals surface area contributed by atoms with E-state index < -0.39 is 23.8 Å². The fraction of sp³-hybridized carbons (Fsp3) is 0.800. The number of aliphatic hydroxyl groups is 1. The highest BCUT2D eigenvalue weighted by Crippen LogP contribution is 2.17. The molecule has 0 aliphatic carbocycles. The van der Waals surface area contributed by atoms with Crippen molar-refractivity contribution in [1.82, 2.24) is 4.90 Å². The Morgan fingerprint density at radius 2 is 2.13 bits per heavy atom. The number of hydrogen-bond acceptors (Lipinski definition) is 3. The number of rotatable bonds is 0. The van der Waals surface area contributed by atoms with Crippen LogP contribution in [0.15, 0.2) is 0 Å². The summed E-state index contributed by atoms with van der Waals surface area (Å²) in [7, 11) is 0. The van der Waals surface area contributed by atoms with Gasteiger partial charge in [0.25, 0.3) is 6.04 Å². The van der Waals surface area contributed by atoms with Gasteiger partial charge in [0.15, 0.2) is 0 Å². The first-order valence-electron chi connectivity index (χ1n) is 4.86. The number of likely N-dealkylation sites (tertiary alicyclic amines) is 1. The lowest BCUT2D eigenvalue weighted by Gasteiger charge is -2.23. The summed E-state index contributed by atoms with van der Waals surface area (Å²) in [6.45, 7) is 12.6. The SMILES string of the molecule is [C-]#[N+]C1CN(C(=O)OC(C)(C)C)CC1O. The lowest BCUT2D eigenvalue weighted by atomic mass is 10.2. The largest absolute Gasteiger partial charge is 0.444 e. The van der Waals surface area contributed by atoms with Crippen LogP contribution in [0.25, 0.3) is 4.85 Å². The van der Waals surface area contributed by atoms with Crippen molar-refractivity contribution in [1.29, 1.82) is 0 Å². The van der Waals surface area contributed by atoms with Crippen molar-refractivity contribution in [2.24, 2.45) is 0 Å². The van der Waals surface area contributed by atoms with E-state index in [2.05, 4.69) is 4.85 Å². The van der Waals surface area contributed by atoms with E-state index in [1.165, 1.54) is 4.90 Å². The lowest BCUT2D eigenvalue weighted by Crippen LogP contribution is -2.35.